The summed E-state index contributed by atoms with van der Waals surface area (Å²) in [6.45, 7) is 4.50. The third-order valence-electron chi connectivity index (χ3n) is 3.23. The summed E-state index contributed by atoms with van der Waals surface area (Å²) in [6, 6.07) is 5.33. The van der Waals surface area contributed by atoms with Gasteiger partial charge in [-0.2, -0.15) is 0 Å². The first-order valence-electron chi connectivity index (χ1n) is 7.50. The average Bonchev–Trinajstić information content (AvgIpc) is 3.27. The molecule has 0 radical (unpaired) electrons. The fourth-order valence-electron chi connectivity index (χ4n) is 2.13. The summed E-state index contributed by atoms with van der Waals surface area (Å²) in [7, 11) is 0. The predicted octanol–water partition coefficient (Wildman–Crippen LogP) is 2.98. The van der Waals surface area contributed by atoms with Gasteiger partial charge < -0.3 is 14.3 Å². The SMILES string of the molecule is CCn1c(SCCC(=O)Nc2cc(C)on2)nnc1-c1ccco1. The molecule has 8 nitrogen and oxygen atoms in total. The lowest BCUT2D eigenvalue weighted by Crippen LogP contribution is -2.12. The second-order valence-electron chi connectivity index (χ2n) is 5.00. The first-order chi connectivity index (χ1) is 11.7. The molecule has 0 aromatic carbocycles. The number of hydrogen-bond donors (Lipinski definition) is 1. The fourth-order valence-corrected chi connectivity index (χ4v) is 3.07. The van der Waals surface area contributed by atoms with Crippen LogP contribution in [0.1, 0.15) is 19.1 Å². The molecule has 3 aromatic rings. The molecule has 3 aromatic heterocycles. The summed E-state index contributed by atoms with van der Waals surface area (Å²) in [4.78, 5) is 11.9. The normalized spacial score (nSPS) is 10.9. The van der Waals surface area contributed by atoms with Crippen molar-refractivity contribution >= 4 is 23.5 Å². The minimum Gasteiger partial charge on any atom is -0.461 e. The summed E-state index contributed by atoms with van der Waals surface area (Å²) in [5.41, 5.74) is 0. The quantitative estimate of drug-likeness (QED) is 0.656. The van der Waals surface area contributed by atoms with E-state index >= 15 is 0 Å². The highest BCUT2D eigenvalue weighted by atomic mass is 32.2. The van der Waals surface area contributed by atoms with Crippen molar-refractivity contribution in [3.63, 3.8) is 0 Å². The van der Waals surface area contributed by atoms with E-state index in [-0.39, 0.29) is 5.91 Å². The van der Waals surface area contributed by atoms with Crippen molar-refractivity contribution in [1.82, 2.24) is 19.9 Å². The monoisotopic (exact) mass is 347 g/mol. The van der Waals surface area contributed by atoms with Gasteiger partial charge in [-0.05, 0) is 26.0 Å². The summed E-state index contributed by atoms with van der Waals surface area (Å²) in [5.74, 6) is 2.91. The van der Waals surface area contributed by atoms with Crippen LogP contribution in [0.25, 0.3) is 11.6 Å². The highest BCUT2D eigenvalue weighted by molar-refractivity contribution is 7.99. The summed E-state index contributed by atoms with van der Waals surface area (Å²) in [5, 5.41) is 15.5. The number of aromatic nitrogens is 4. The van der Waals surface area contributed by atoms with Crippen LogP contribution in [0.3, 0.4) is 0 Å². The minimum absolute atomic E-state index is 0.121. The van der Waals surface area contributed by atoms with Crippen LogP contribution in [-0.2, 0) is 11.3 Å². The van der Waals surface area contributed by atoms with Gasteiger partial charge in [-0.15, -0.1) is 10.2 Å². The maximum absolute atomic E-state index is 11.9. The first-order valence-corrected chi connectivity index (χ1v) is 8.49. The van der Waals surface area contributed by atoms with Crippen molar-refractivity contribution in [3.05, 3.63) is 30.2 Å². The van der Waals surface area contributed by atoms with Gasteiger partial charge in [0, 0.05) is 24.8 Å². The number of anilines is 1. The third kappa shape index (κ3) is 3.67. The Morgan fingerprint density at radius 3 is 2.96 bits per heavy atom. The molecule has 3 heterocycles. The number of hydrogen-bond acceptors (Lipinski definition) is 7. The zero-order valence-corrected chi connectivity index (χ0v) is 14.2. The van der Waals surface area contributed by atoms with Crippen molar-refractivity contribution in [2.24, 2.45) is 0 Å². The largest absolute Gasteiger partial charge is 0.461 e. The molecule has 3 rings (SSSR count). The van der Waals surface area contributed by atoms with Gasteiger partial charge in [0.1, 0.15) is 5.76 Å². The van der Waals surface area contributed by atoms with Crippen molar-refractivity contribution < 1.29 is 13.7 Å². The van der Waals surface area contributed by atoms with Crippen LogP contribution in [0.4, 0.5) is 5.82 Å². The highest BCUT2D eigenvalue weighted by Gasteiger charge is 2.15. The average molecular weight is 347 g/mol. The predicted molar refractivity (Wildman–Crippen MR) is 88.6 cm³/mol. The summed E-state index contributed by atoms with van der Waals surface area (Å²) < 4.78 is 12.2. The molecule has 0 fully saturated rings. The van der Waals surface area contributed by atoms with Crippen LogP contribution in [0.5, 0.6) is 0 Å². The van der Waals surface area contributed by atoms with Crippen LogP contribution in [0.2, 0.25) is 0 Å². The molecule has 9 heteroatoms. The second-order valence-corrected chi connectivity index (χ2v) is 6.06. The maximum atomic E-state index is 11.9. The molecular formula is C15H17N5O3S. The van der Waals surface area contributed by atoms with Gasteiger partial charge in [0.2, 0.25) is 5.91 Å². The van der Waals surface area contributed by atoms with Gasteiger partial charge >= 0.3 is 0 Å². The topological polar surface area (TPSA) is 99.0 Å². The smallest absolute Gasteiger partial charge is 0.226 e. The molecule has 1 N–H and O–H groups in total. The van der Waals surface area contributed by atoms with E-state index < -0.39 is 0 Å². The second kappa shape index (κ2) is 7.35. The van der Waals surface area contributed by atoms with E-state index in [2.05, 4.69) is 20.7 Å². The van der Waals surface area contributed by atoms with Crippen molar-refractivity contribution in [2.45, 2.75) is 32.0 Å². The Hall–Kier alpha value is -2.55. The van der Waals surface area contributed by atoms with Crippen LogP contribution in [0, 0.1) is 6.92 Å². The number of amides is 1. The van der Waals surface area contributed by atoms with Crippen molar-refractivity contribution in [2.75, 3.05) is 11.1 Å². The molecule has 0 unspecified atom stereocenters. The molecule has 0 saturated carbocycles. The minimum atomic E-state index is -0.121. The van der Waals surface area contributed by atoms with Crippen molar-refractivity contribution in [1.29, 1.82) is 0 Å². The third-order valence-corrected chi connectivity index (χ3v) is 4.20. The van der Waals surface area contributed by atoms with Gasteiger partial charge in [0.05, 0.1) is 6.26 Å². The molecule has 0 aliphatic carbocycles. The van der Waals surface area contributed by atoms with Crippen molar-refractivity contribution in [3.8, 4) is 11.6 Å². The van der Waals surface area contributed by atoms with Crippen LogP contribution >= 0.6 is 11.8 Å². The van der Waals surface area contributed by atoms with Crippen LogP contribution < -0.4 is 5.32 Å². The Morgan fingerprint density at radius 2 is 2.29 bits per heavy atom. The molecule has 0 aliphatic heterocycles. The van der Waals surface area contributed by atoms with Gasteiger partial charge in [-0.3, -0.25) is 9.36 Å². The molecule has 126 valence electrons. The molecule has 0 saturated heterocycles. The summed E-state index contributed by atoms with van der Waals surface area (Å²) >= 11 is 1.48. The molecule has 0 bridgehead atoms. The molecule has 0 aliphatic rings. The lowest BCUT2D eigenvalue weighted by molar-refractivity contribution is -0.115. The van der Waals surface area contributed by atoms with Crippen LogP contribution in [-0.4, -0.2) is 31.6 Å². The fraction of sp³-hybridized carbons (Fsp3) is 0.333. The number of nitrogens with one attached hydrogen (secondary N) is 1. The Morgan fingerprint density at radius 1 is 1.42 bits per heavy atom. The summed E-state index contributed by atoms with van der Waals surface area (Å²) in [6.07, 6.45) is 1.94. The Balaban J connectivity index is 1.56. The van der Waals surface area contributed by atoms with E-state index in [0.717, 1.165) is 11.7 Å². The van der Waals surface area contributed by atoms with E-state index in [1.165, 1.54) is 11.8 Å². The standard InChI is InChI=1S/C15H17N5O3S/c1-3-20-14(11-5-4-7-22-11)17-18-15(20)24-8-6-13(21)16-12-9-10(2)23-19-12/h4-5,7,9H,3,6,8H2,1-2H3,(H,16,19,21). The first kappa shape index (κ1) is 16.3. The van der Waals surface area contributed by atoms with Crippen LogP contribution in [0.15, 0.2) is 38.6 Å². The number of aryl methyl sites for hydroxylation is 1. The zero-order valence-electron chi connectivity index (χ0n) is 13.4. The maximum Gasteiger partial charge on any atom is 0.226 e. The number of rotatable bonds is 7. The van der Waals surface area contributed by atoms with E-state index in [1.807, 2.05) is 23.6 Å². The lowest BCUT2D eigenvalue weighted by atomic mass is 10.4. The molecule has 0 spiro atoms. The number of thioether (sulfide) groups is 1. The Bertz CT molecular complexity index is 809. The van der Waals surface area contributed by atoms with Gasteiger partial charge in [-0.25, -0.2) is 0 Å². The Kier molecular flexibility index (Phi) is 4.99. The Labute approximate surface area is 142 Å². The van der Waals surface area contributed by atoms with Gasteiger partial charge in [0.15, 0.2) is 22.6 Å². The van der Waals surface area contributed by atoms with Gasteiger partial charge in [-0.1, -0.05) is 16.9 Å². The molecular weight excluding hydrogens is 330 g/mol. The zero-order chi connectivity index (χ0) is 16.9. The highest BCUT2D eigenvalue weighted by Crippen LogP contribution is 2.24. The molecule has 24 heavy (non-hydrogen) atoms. The van der Waals surface area contributed by atoms with Gasteiger partial charge in [0.25, 0.3) is 0 Å². The number of furan rings is 1. The van der Waals surface area contributed by atoms with E-state index in [1.54, 1.807) is 19.3 Å². The van der Waals surface area contributed by atoms with E-state index in [4.69, 9.17) is 8.94 Å². The van der Waals surface area contributed by atoms with E-state index in [0.29, 0.717) is 35.3 Å². The lowest BCUT2D eigenvalue weighted by Gasteiger charge is -2.05. The van der Waals surface area contributed by atoms with E-state index in [9.17, 15) is 4.79 Å². The molecule has 0 atom stereocenters. The number of nitrogens with zero attached hydrogens (tertiary/aromatic N) is 4. The number of carbonyl (C=O) groups is 1. The number of carbonyl (C=O) groups excluding carboxylic acids is 1. The molecule has 1 amide bonds.